The van der Waals surface area contributed by atoms with Gasteiger partial charge < -0.3 is 5.32 Å². The number of thioether (sulfide) groups is 1. The Bertz CT molecular complexity index is 564. The molecule has 1 fully saturated rings. The van der Waals surface area contributed by atoms with Crippen molar-refractivity contribution in [2.24, 2.45) is 5.14 Å². The van der Waals surface area contributed by atoms with Crippen molar-refractivity contribution in [2.75, 3.05) is 16.8 Å². The fraction of sp³-hybridized carbons (Fsp3) is 0.538. The van der Waals surface area contributed by atoms with Gasteiger partial charge >= 0.3 is 0 Å². The first kappa shape index (κ1) is 14.7. The highest BCUT2D eigenvalue weighted by atomic mass is 32.2. The fourth-order valence-electron chi connectivity index (χ4n) is 2.20. The summed E-state index contributed by atoms with van der Waals surface area (Å²) < 4.78 is 23.0. The van der Waals surface area contributed by atoms with Gasteiger partial charge in [0.15, 0.2) is 0 Å². The lowest BCUT2D eigenvalue weighted by Gasteiger charge is -2.25. The number of primary sulfonamides is 1. The van der Waals surface area contributed by atoms with Gasteiger partial charge in [-0.1, -0.05) is 0 Å². The second kappa shape index (κ2) is 5.73. The second-order valence-corrected chi connectivity index (χ2v) is 7.77. The summed E-state index contributed by atoms with van der Waals surface area (Å²) in [5.74, 6) is 2.31. The predicted octanol–water partition coefficient (Wildman–Crippen LogP) is 2.26. The summed E-state index contributed by atoms with van der Waals surface area (Å²) >= 11 is 1.97. The standard InChI is InChI=1S/C13H20N2O2S2/c1-9-7-12(19(14,16)17)8-13(10(9)2)15-11-3-5-18-6-4-11/h7-8,11,15H,3-6H2,1-2H3,(H2,14,16,17). The molecule has 0 amide bonds. The molecule has 1 heterocycles. The zero-order valence-electron chi connectivity index (χ0n) is 11.3. The topological polar surface area (TPSA) is 72.2 Å². The van der Waals surface area contributed by atoms with E-state index in [1.54, 1.807) is 12.1 Å². The summed E-state index contributed by atoms with van der Waals surface area (Å²) in [5.41, 5.74) is 2.92. The van der Waals surface area contributed by atoms with E-state index >= 15 is 0 Å². The van der Waals surface area contributed by atoms with Gasteiger partial charge in [-0.15, -0.1) is 0 Å². The Labute approximate surface area is 119 Å². The lowest BCUT2D eigenvalue weighted by molar-refractivity contribution is 0.597. The molecule has 0 spiro atoms. The van der Waals surface area contributed by atoms with Crippen LogP contribution >= 0.6 is 11.8 Å². The lowest BCUT2D eigenvalue weighted by Crippen LogP contribution is -2.25. The molecule has 4 nitrogen and oxygen atoms in total. The monoisotopic (exact) mass is 300 g/mol. The maximum absolute atomic E-state index is 11.5. The maximum Gasteiger partial charge on any atom is 0.238 e. The van der Waals surface area contributed by atoms with Gasteiger partial charge in [-0.2, -0.15) is 11.8 Å². The van der Waals surface area contributed by atoms with Gasteiger partial charge in [0, 0.05) is 11.7 Å². The lowest BCUT2D eigenvalue weighted by atomic mass is 10.1. The van der Waals surface area contributed by atoms with Crippen molar-refractivity contribution in [1.29, 1.82) is 0 Å². The highest BCUT2D eigenvalue weighted by molar-refractivity contribution is 7.99. The van der Waals surface area contributed by atoms with E-state index in [0.717, 1.165) is 41.2 Å². The summed E-state index contributed by atoms with van der Waals surface area (Å²) in [5, 5.41) is 8.69. The largest absolute Gasteiger partial charge is 0.382 e. The molecular formula is C13H20N2O2S2. The fourth-order valence-corrected chi connectivity index (χ4v) is 3.93. The summed E-state index contributed by atoms with van der Waals surface area (Å²) in [6.45, 7) is 3.91. The molecule has 1 aromatic carbocycles. The number of sulfonamides is 1. The van der Waals surface area contributed by atoms with E-state index in [1.807, 2.05) is 25.6 Å². The molecule has 1 saturated heterocycles. The number of nitrogens with two attached hydrogens (primary N) is 1. The van der Waals surface area contributed by atoms with Crippen molar-refractivity contribution in [3.8, 4) is 0 Å². The first-order chi connectivity index (χ1) is 8.88. The van der Waals surface area contributed by atoms with Gasteiger partial charge in [0.05, 0.1) is 4.90 Å². The SMILES string of the molecule is Cc1cc(S(N)(=O)=O)cc(NC2CCSCC2)c1C. The molecule has 0 saturated carbocycles. The number of hydrogen-bond donors (Lipinski definition) is 2. The third kappa shape index (κ3) is 3.64. The van der Waals surface area contributed by atoms with Crippen LogP contribution in [0.25, 0.3) is 0 Å². The van der Waals surface area contributed by atoms with Gasteiger partial charge in [0.2, 0.25) is 10.0 Å². The van der Waals surface area contributed by atoms with E-state index in [4.69, 9.17) is 5.14 Å². The van der Waals surface area contributed by atoms with Crippen molar-refractivity contribution in [2.45, 2.75) is 37.6 Å². The molecule has 0 radical (unpaired) electrons. The van der Waals surface area contributed by atoms with Crippen LogP contribution in [0.1, 0.15) is 24.0 Å². The average Bonchev–Trinajstić information content (AvgIpc) is 2.34. The molecule has 0 aromatic heterocycles. The van der Waals surface area contributed by atoms with Crippen LogP contribution in [0, 0.1) is 13.8 Å². The predicted molar refractivity (Wildman–Crippen MR) is 81.3 cm³/mol. The Hall–Kier alpha value is -0.720. The van der Waals surface area contributed by atoms with Crippen LogP contribution in [0.4, 0.5) is 5.69 Å². The first-order valence-corrected chi connectivity index (χ1v) is 9.06. The number of hydrogen-bond acceptors (Lipinski definition) is 4. The van der Waals surface area contributed by atoms with Crippen molar-refractivity contribution in [3.63, 3.8) is 0 Å². The van der Waals surface area contributed by atoms with Crippen LogP contribution in [0.15, 0.2) is 17.0 Å². The first-order valence-electron chi connectivity index (χ1n) is 6.36. The molecule has 2 rings (SSSR count). The normalized spacial score (nSPS) is 17.4. The van der Waals surface area contributed by atoms with E-state index in [9.17, 15) is 8.42 Å². The van der Waals surface area contributed by atoms with Gasteiger partial charge in [0.25, 0.3) is 0 Å². The highest BCUT2D eigenvalue weighted by Crippen LogP contribution is 2.27. The molecule has 0 aliphatic carbocycles. The van der Waals surface area contributed by atoms with E-state index in [2.05, 4.69) is 5.32 Å². The molecule has 19 heavy (non-hydrogen) atoms. The second-order valence-electron chi connectivity index (χ2n) is 4.99. The third-order valence-corrected chi connectivity index (χ3v) is 5.49. The van der Waals surface area contributed by atoms with Crippen molar-refractivity contribution in [1.82, 2.24) is 0 Å². The molecule has 0 atom stereocenters. The molecule has 106 valence electrons. The minimum absolute atomic E-state index is 0.184. The van der Waals surface area contributed by atoms with Gasteiger partial charge in [-0.3, -0.25) is 0 Å². The van der Waals surface area contributed by atoms with Gasteiger partial charge in [0.1, 0.15) is 0 Å². The molecular weight excluding hydrogens is 280 g/mol. The van der Waals surface area contributed by atoms with Crippen LogP contribution < -0.4 is 10.5 Å². The number of nitrogens with one attached hydrogen (secondary N) is 1. The summed E-state index contributed by atoms with van der Waals surface area (Å²) in [6.07, 6.45) is 2.23. The minimum atomic E-state index is -3.65. The van der Waals surface area contributed by atoms with E-state index < -0.39 is 10.0 Å². The minimum Gasteiger partial charge on any atom is -0.382 e. The molecule has 1 aliphatic heterocycles. The quantitative estimate of drug-likeness (QED) is 0.898. The Morgan fingerprint density at radius 1 is 1.26 bits per heavy atom. The number of aryl methyl sites for hydroxylation is 1. The zero-order valence-corrected chi connectivity index (χ0v) is 12.9. The molecule has 1 aromatic rings. The molecule has 6 heteroatoms. The van der Waals surface area contributed by atoms with Crippen LogP contribution in [0.3, 0.4) is 0 Å². The number of benzene rings is 1. The van der Waals surface area contributed by atoms with E-state index in [1.165, 1.54) is 0 Å². The van der Waals surface area contributed by atoms with Crippen LogP contribution in [-0.4, -0.2) is 26.0 Å². The molecule has 0 bridgehead atoms. The highest BCUT2D eigenvalue weighted by Gasteiger charge is 2.17. The maximum atomic E-state index is 11.5. The zero-order chi connectivity index (χ0) is 14.0. The van der Waals surface area contributed by atoms with E-state index in [0.29, 0.717) is 6.04 Å². The summed E-state index contributed by atoms with van der Waals surface area (Å²) in [7, 11) is -3.65. The molecule has 3 N–H and O–H groups in total. The Morgan fingerprint density at radius 2 is 1.89 bits per heavy atom. The van der Waals surface area contributed by atoms with Gasteiger partial charge in [-0.05, 0) is 61.5 Å². The Morgan fingerprint density at radius 3 is 2.47 bits per heavy atom. The van der Waals surface area contributed by atoms with Crippen molar-refractivity contribution >= 4 is 27.5 Å². The summed E-state index contributed by atoms with van der Waals surface area (Å²) in [6, 6.07) is 3.71. The Kier molecular flexibility index (Phi) is 4.43. The van der Waals surface area contributed by atoms with Gasteiger partial charge in [-0.25, -0.2) is 13.6 Å². The van der Waals surface area contributed by atoms with Crippen LogP contribution in [0.2, 0.25) is 0 Å². The van der Waals surface area contributed by atoms with Crippen LogP contribution in [-0.2, 0) is 10.0 Å². The smallest absolute Gasteiger partial charge is 0.238 e. The Balaban J connectivity index is 2.30. The van der Waals surface area contributed by atoms with Crippen LogP contribution in [0.5, 0.6) is 0 Å². The summed E-state index contributed by atoms with van der Waals surface area (Å²) in [4.78, 5) is 0.184. The number of anilines is 1. The van der Waals surface area contributed by atoms with Crippen molar-refractivity contribution < 1.29 is 8.42 Å². The van der Waals surface area contributed by atoms with E-state index in [-0.39, 0.29) is 4.90 Å². The average molecular weight is 300 g/mol. The van der Waals surface area contributed by atoms with Crippen molar-refractivity contribution in [3.05, 3.63) is 23.3 Å². The number of rotatable bonds is 3. The molecule has 1 aliphatic rings. The third-order valence-electron chi connectivity index (χ3n) is 3.55. The molecule has 0 unspecified atom stereocenters.